The Bertz CT molecular complexity index is 1140. The number of rotatable bonds is 5. The first-order valence-electron chi connectivity index (χ1n) is 9.71. The van der Waals surface area contributed by atoms with Gasteiger partial charge in [0.25, 0.3) is 0 Å². The lowest BCUT2D eigenvalue weighted by atomic mass is 9.89. The number of nitrogens with zero attached hydrogens (tertiary/aromatic N) is 1. The highest BCUT2D eigenvalue weighted by Gasteiger charge is 2.18. The van der Waals surface area contributed by atoms with Gasteiger partial charge in [-0.3, -0.25) is 4.79 Å². The lowest BCUT2D eigenvalue weighted by Gasteiger charge is -2.14. The largest absolute Gasteiger partial charge is 0.341 e. The first-order chi connectivity index (χ1) is 13.2. The molecule has 2 nitrogen and oxygen atoms in total. The van der Waals surface area contributed by atoms with Crippen molar-refractivity contribution < 1.29 is 4.79 Å². The van der Waals surface area contributed by atoms with Gasteiger partial charge in [-0.1, -0.05) is 44.2 Å². The Kier molecular flexibility index (Phi) is 4.57. The molecule has 135 valence electrons. The van der Waals surface area contributed by atoms with Crippen molar-refractivity contribution in [2.75, 3.05) is 0 Å². The quantitative estimate of drug-likeness (QED) is 0.382. The molecule has 0 fully saturated rings. The van der Waals surface area contributed by atoms with Gasteiger partial charge in [0.05, 0.1) is 0 Å². The van der Waals surface area contributed by atoms with Gasteiger partial charge in [-0.05, 0) is 61.2 Å². The first kappa shape index (κ1) is 17.5. The molecule has 0 aliphatic carbocycles. The molecule has 0 aliphatic rings. The van der Waals surface area contributed by atoms with Gasteiger partial charge in [-0.15, -0.1) is 0 Å². The number of carbonyl (C=O) groups is 1. The minimum Gasteiger partial charge on any atom is -0.341 e. The highest BCUT2D eigenvalue weighted by Crippen LogP contribution is 2.31. The second kappa shape index (κ2) is 7.03. The summed E-state index contributed by atoms with van der Waals surface area (Å²) in [6, 6.07) is 23.3. The second-order valence-electron chi connectivity index (χ2n) is 7.15. The number of aryl methyl sites for hydroxylation is 1. The lowest BCUT2D eigenvalue weighted by molar-refractivity contribution is 0.103. The molecule has 0 aliphatic heterocycles. The van der Waals surface area contributed by atoms with Crippen LogP contribution in [0.5, 0.6) is 0 Å². The molecule has 3 aromatic carbocycles. The predicted octanol–water partition coefficient (Wildman–Crippen LogP) is 6.36. The van der Waals surface area contributed by atoms with Crippen molar-refractivity contribution >= 4 is 27.6 Å². The molecule has 0 N–H and O–H groups in total. The molecule has 0 amide bonds. The standard InChI is InChI=1S/C25H24NO/c1-4-17(3)19-10-6-7-12-21(19)25(27)18-14-15-24-22(16-18)20-11-8-9-13-23(20)26(24)5-2/h6-7,9-17H,4-5H2,1-3H3. The third-order valence-electron chi connectivity index (χ3n) is 5.64. The Morgan fingerprint density at radius 2 is 1.81 bits per heavy atom. The van der Waals surface area contributed by atoms with Crippen molar-refractivity contribution in [2.45, 2.75) is 39.7 Å². The summed E-state index contributed by atoms with van der Waals surface area (Å²) in [6.45, 7) is 7.39. The summed E-state index contributed by atoms with van der Waals surface area (Å²) >= 11 is 0. The summed E-state index contributed by atoms with van der Waals surface area (Å²) in [4.78, 5) is 13.3. The number of hydrogen-bond acceptors (Lipinski definition) is 1. The van der Waals surface area contributed by atoms with E-state index < -0.39 is 0 Å². The van der Waals surface area contributed by atoms with Crippen LogP contribution in [0.25, 0.3) is 21.8 Å². The van der Waals surface area contributed by atoms with E-state index in [0.29, 0.717) is 5.92 Å². The number of fused-ring (bicyclic) bond motifs is 3. The number of aromatic nitrogens is 1. The number of ketones is 1. The third kappa shape index (κ3) is 2.86. The van der Waals surface area contributed by atoms with Crippen molar-refractivity contribution in [3.05, 3.63) is 83.4 Å². The highest BCUT2D eigenvalue weighted by atomic mass is 16.1. The molecule has 0 saturated carbocycles. The minimum absolute atomic E-state index is 0.102. The van der Waals surface area contributed by atoms with E-state index in [4.69, 9.17) is 0 Å². The fourth-order valence-corrected chi connectivity index (χ4v) is 3.98. The van der Waals surface area contributed by atoms with E-state index in [1.807, 2.05) is 42.5 Å². The molecule has 1 radical (unpaired) electrons. The summed E-state index contributed by atoms with van der Waals surface area (Å²) in [5.41, 5.74) is 5.05. The molecule has 4 rings (SSSR count). The normalized spacial score (nSPS) is 12.6. The number of hydrogen-bond donors (Lipinski definition) is 0. The highest BCUT2D eigenvalue weighted by molar-refractivity contribution is 6.15. The molecule has 0 saturated heterocycles. The molecule has 0 spiro atoms. The van der Waals surface area contributed by atoms with Gasteiger partial charge in [-0.25, -0.2) is 0 Å². The van der Waals surface area contributed by atoms with Gasteiger partial charge in [-0.2, -0.15) is 0 Å². The molecule has 1 unspecified atom stereocenters. The maximum Gasteiger partial charge on any atom is 0.193 e. The van der Waals surface area contributed by atoms with Crippen molar-refractivity contribution in [2.24, 2.45) is 0 Å². The molecule has 0 bridgehead atoms. The zero-order valence-corrected chi connectivity index (χ0v) is 16.1. The summed E-state index contributed by atoms with van der Waals surface area (Å²) in [7, 11) is 0. The van der Waals surface area contributed by atoms with Crippen molar-refractivity contribution in [3.8, 4) is 0 Å². The molecule has 1 heterocycles. The van der Waals surface area contributed by atoms with Gasteiger partial charge in [0, 0.05) is 39.5 Å². The summed E-state index contributed by atoms with van der Waals surface area (Å²) < 4.78 is 2.29. The van der Waals surface area contributed by atoms with E-state index in [-0.39, 0.29) is 5.78 Å². The fraction of sp³-hybridized carbons (Fsp3) is 0.240. The van der Waals surface area contributed by atoms with Gasteiger partial charge >= 0.3 is 0 Å². The van der Waals surface area contributed by atoms with E-state index in [1.165, 1.54) is 11.0 Å². The summed E-state index contributed by atoms with van der Waals surface area (Å²) in [5.74, 6) is 0.468. The molecule has 1 aromatic heterocycles. The Morgan fingerprint density at radius 3 is 2.59 bits per heavy atom. The van der Waals surface area contributed by atoms with Crippen LogP contribution >= 0.6 is 0 Å². The van der Waals surface area contributed by atoms with Gasteiger partial charge in [0.2, 0.25) is 0 Å². The molecular weight excluding hydrogens is 330 g/mol. The molecule has 2 heteroatoms. The van der Waals surface area contributed by atoms with Gasteiger partial charge in [0.1, 0.15) is 0 Å². The van der Waals surface area contributed by atoms with Gasteiger partial charge < -0.3 is 4.57 Å². The van der Waals surface area contributed by atoms with E-state index in [0.717, 1.165) is 40.4 Å². The topological polar surface area (TPSA) is 22.0 Å². The first-order valence-corrected chi connectivity index (χ1v) is 9.71. The zero-order chi connectivity index (χ0) is 19.0. The number of benzene rings is 3. The molecule has 27 heavy (non-hydrogen) atoms. The Balaban J connectivity index is 1.89. The average molecular weight is 354 g/mol. The van der Waals surface area contributed by atoms with E-state index in [2.05, 4.69) is 49.6 Å². The molecule has 1 atom stereocenters. The summed E-state index contributed by atoms with van der Waals surface area (Å²) in [5, 5.41) is 2.27. The Morgan fingerprint density at radius 1 is 1.04 bits per heavy atom. The van der Waals surface area contributed by atoms with Crippen LogP contribution < -0.4 is 0 Å². The minimum atomic E-state index is 0.102. The van der Waals surface area contributed by atoms with Crippen LogP contribution in [0.15, 0.2) is 60.7 Å². The van der Waals surface area contributed by atoms with Crippen LogP contribution in [-0.2, 0) is 6.54 Å². The Labute approximate surface area is 160 Å². The van der Waals surface area contributed by atoms with E-state index >= 15 is 0 Å². The monoisotopic (exact) mass is 354 g/mol. The lowest BCUT2D eigenvalue weighted by Crippen LogP contribution is -2.07. The van der Waals surface area contributed by atoms with Gasteiger partial charge in [0.15, 0.2) is 5.78 Å². The maximum atomic E-state index is 13.3. The van der Waals surface area contributed by atoms with E-state index in [1.54, 1.807) is 0 Å². The Hall–Kier alpha value is -2.87. The summed E-state index contributed by atoms with van der Waals surface area (Å²) in [6.07, 6.45) is 1.02. The van der Waals surface area contributed by atoms with Crippen LogP contribution in [0.4, 0.5) is 0 Å². The smallest absolute Gasteiger partial charge is 0.193 e. The van der Waals surface area contributed by atoms with Crippen LogP contribution in [0.2, 0.25) is 0 Å². The van der Waals surface area contributed by atoms with Crippen LogP contribution in [0, 0.1) is 6.07 Å². The maximum absolute atomic E-state index is 13.3. The molecule has 4 aromatic rings. The third-order valence-corrected chi connectivity index (χ3v) is 5.64. The van der Waals surface area contributed by atoms with Crippen molar-refractivity contribution in [1.29, 1.82) is 0 Å². The average Bonchev–Trinajstić information content (AvgIpc) is 3.05. The van der Waals surface area contributed by atoms with Crippen LogP contribution in [0.3, 0.4) is 0 Å². The van der Waals surface area contributed by atoms with Crippen LogP contribution in [0.1, 0.15) is 54.6 Å². The molecular formula is C25H24NO. The number of carbonyl (C=O) groups excluding carboxylic acids is 1. The van der Waals surface area contributed by atoms with Crippen LogP contribution in [-0.4, -0.2) is 10.4 Å². The predicted molar refractivity (Wildman–Crippen MR) is 113 cm³/mol. The second-order valence-corrected chi connectivity index (χ2v) is 7.15. The van der Waals surface area contributed by atoms with E-state index in [9.17, 15) is 4.79 Å². The zero-order valence-electron chi connectivity index (χ0n) is 16.1. The van der Waals surface area contributed by atoms with Crippen molar-refractivity contribution in [3.63, 3.8) is 0 Å². The van der Waals surface area contributed by atoms with Crippen molar-refractivity contribution in [1.82, 2.24) is 4.57 Å². The SMILES string of the molecule is CCC(C)c1ccccc1C(=O)c1ccc2c(c1)c1c[c]ccc1n2CC. The fourth-order valence-electron chi connectivity index (χ4n) is 3.98.